The maximum Gasteiger partial charge on any atom is 0.322 e. The molecule has 1 atom stereocenters. The van der Waals surface area contributed by atoms with Gasteiger partial charge in [0.2, 0.25) is 5.95 Å². The van der Waals surface area contributed by atoms with Crippen LogP contribution >= 0.6 is 0 Å². The zero-order valence-corrected chi connectivity index (χ0v) is 13.2. The minimum absolute atomic E-state index is 0.0410. The van der Waals surface area contributed by atoms with Crippen molar-refractivity contribution in [3.8, 4) is 0 Å². The topological polar surface area (TPSA) is 86.4 Å². The number of rotatable bonds is 6. The van der Waals surface area contributed by atoms with E-state index in [1.165, 1.54) is 25.0 Å². The van der Waals surface area contributed by atoms with Gasteiger partial charge in [-0.1, -0.05) is 0 Å². The Kier molecular flexibility index (Phi) is 5.63. The summed E-state index contributed by atoms with van der Waals surface area (Å²) < 4.78 is 46.2. The third-order valence-electron chi connectivity index (χ3n) is 3.12. The van der Waals surface area contributed by atoms with Crippen LogP contribution in [-0.2, 0) is 16.6 Å². The maximum atomic E-state index is 13.8. The molecule has 0 amide bonds. The van der Waals surface area contributed by atoms with Crippen LogP contribution in [0.4, 0.5) is 19.1 Å². The largest absolute Gasteiger partial charge is 0.465 e. The highest BCUT2D eigenvalue weighted by molar-refractivity contribution is 6.18. The normalized spacial score (nSPS) is 12.4. The van der Waals surface area contributed by atoms with Crippen molar-refractivity contribution >= 4 is 23.9 Å². The van der Waals surface area contributed by atoms with Gasteiger partial charge in [0.15, 0.2) is 23.3 Å². The number of aliphatic imine (C=N–C) groups is 1. The van der Waals surface area contributed by atoms with Crippen LogP contribution in [0, 0.1) is 23.4 Å². The Morgan fingerprint density at radius 3 is 2.56 bits per heavy atom. The van der Waals surface area contributed by atoms with Crippen LogP contribution in [0.2, 0.25) is 0 Å². The smallest absolute Gasteiger partial charge is 0.322 e. The molecule has 1 aromatic heterocycles. The number of aryl methyl sites for hydroxylation is 1. The van der Waals surface area contributed by atoms with Crippen molar-refractivity contribution in [3.05, 3.63) is 41.5 Å². The molecule has 0 spiro atoms. The summed E-state index contributed by atoms with van der Waals surface area (Å²) in [6, 6.07) is 0.611. The van der Waals surface area contributed by atoms with E-state index in [2.05, 4.69) is 15.1 Å². The van der Waals surface area contributed by atoms with E-state index in [0.29, 0.717) is 6.07 Å². The molecule has 0 N–H and O–H groups in total. The quantitative estimate of drug-likeness (QED) is 0.260. The van der Waals surface area contributed by atoms with E-state index in [1.54, 1.807) is 0 Å². The molecule has 10 heteroatoms. The van der Waals surface area contributed by atoms with E-state index in [1.807, 2.05) is 0 Å². The molecule has 0 bridgehead atoms. The van der Waals surface area contributed by atoms with Gasteiger partial charge in [-0.2, -0.15) is 10.1 Å². The van der Waals surface area contributed by atoms with Gasteiger partial charge < -0.3 is 4.74 Å². The molecule has 0 aliphatic carbocycles. The standard InChI is InChI=1S/C15H13F3N4O3/c1-3-25-14(24)9(6-19-15-20-7-21-22(15)2)13(23)8-4-11(17)12(18)5-10(8)16/h4-7,9H,3H2,1-2H3. The van der Waals surface area contributed by atoms with Crippen molar-refractivity contribution in [1.29, 1.82) is 0 Å². The molecule has 2 aromatic rings. The molecule has 0 aliphatic rings. The lowest BCUT2D eigenvalue weighted by atomic mass is 9.98. The summed E-state index contributed by atoms with van der Waals surface area (Å²) in [6.07, 6.45) is 2.09. The summed E-state index contributed by atoms with van der Waals surface area (Å²) in [5, 5.41) is 3.75. The number of hydrogen-bond acceptors (Lipinski definition) is 6. The molecule has 132 valence electrons. The summed E-state index contributed by atoms with van der Waals surface area (Å²) in [7, 11) is 1.52. The second kappa shape index (κ2) is 7.69. The van der Waals surface area contributed by atoms with Crippen molar-refractivity contribution in [2.24, 2.45) is 18.0 Å². The number of hydrogen-bond donors (Lipinski definition) is 0. The van der Waals surface area contributed by atoms with Gasteiger partial charge in [-0.15, -0.1) is 0 Å². The molecule has 25 heavy (non-hydrogen) atoms. The molecule has 7 nitrogen and oxygen atoms in total. The van der Waals surface area contributed by atoms with Crippen LogP contribution in [0.1, 0.15) is 17.3 Å². The first-order valence-electron chi connectivity index (χ1n) is 7.08. The molecule has 0 saturated carbocycles. The van der Waals surface area contributed by atoms with E-state index in [4.69, 9.17) is 4.74 Å². The fraction of sp³-hybridized carbons (Fsp3) is 0.267. The Morgan fingerprint density at radius 2 is 1.96 bits per heavy atom. The zero-order valence-electron chi connectivity index (χ0n) is 13.2. The first-order valence-corrected chi connectivity index (χ1v) is 7.08. The van der Waals surface area contributed by atoms with E-state index in [0.717, 1.165) is 6.21 Å². The number of aromatic nitrogens is 3. The molecule has 1 unspecified atom stereocenters. The van der Waals surface area contributed by atoms with Crippen LogP contribution in [0.25, 0.3) is 0 Å². The number of halogens is 3. The fourth-order valence-electron chi connectivity index (χ4n) is 1.89. The maximum absolute atomic E-state index is 13.8. The molecule has 0 aliphatic heterocycles. The monoisotopic (exact) mass is 354 g/mol. The highest BCUT2D eigenvalue weighted by atomic mass is 19.2. The summed E-state index contributed by atoms with van der Waals surface area (Å²) in [5.74, 6) is -7.88. The summed E-state index contributed by atoms with van der Waals surface area (Å²) in [4.78, 5) is 32.0. The summed E-state index contributed by atoms with van der Waals surface area (Å²) in [5.41, 5.74) is -0.790. The highest BCUT2D eigenvalue weighted by Gasteiger charge is 2.30. The second-order valence-corrected chi connectivity index (χ2v) is 4.80. The number of benzene rings is 1. The predicted octanol–water partition coefficient (Wildman–Crippen LogP) is 2.00. The Morgan fingerprint density at radius 1 is 1.28 bits per heavy atom. The third-order valence-corrected chi connectivity index (χ3v) is 3.12. The Balaban J connectivity index is 2.40. The lowest BCUT2D eigenvalue weighted by Gasteiger charge is -2.11. The molecule has 0 fully saturated rings. The average molecular weight is 354 g/mol. The van der Waals surface area contributed by atoms with Crippen LogP contribution in [0.5, 0.6) is 0 Å². The predicted molar refractivity (Wildman–Crippen MR) is 79.9 cm³/mol. The molecule has 1 heterocycles. The number of carbonyl (C=O) groups is 2. The summed E-state index contributed by atoms with van der Waals surface area (Å²) >= 11 is 0. The Labute approximate surface area is 140 Å². The lowest BCUT2D eigenvalue weighted by Crippen LogP contribution is -2.28. The van der Waals surface area contributed by atoms with Crippen molar-refractivity contribution in [2.75, 3.05) is 6.61 Å². The number of nitrogens with zero attached hydrogens (tertiary/aromatic N) is 4. The second-order valence-electron chi connectivity index (χ2n) is 4.80. The van der Waals surface area contributed by atoms with E-state index in [9.17, 15) is 22.8 Å². The van der Waals surface area contributed by atoms with Gasteiger partial charge in [-0.3, -0.25) is 9.59 Å². The van der Waals surface area contributed by atoms with Gasteiger partial charge >= 0.3 is 5.97 Å². The van der Waals surface area contributed by atoms with Gasteiger partial charge in [0.05, 0.1) is 12.2 Å². The van der Waals surface area contributed by atoms with Crippen molar-refractivity contribution < 1.29 is 27.5 Å². The fourth-order valence-corrected chi connectivity index (χ4v) is 1.89. The van der Waals surface area contributed by atoms with Gasteiger partial charge in [-0.05, 0) is 13.0 Å². The SMILES string of the molecule is CCOC(=O)C(C=Nc1ncnn1C)C(=O)c1cc(F)c(F)cc1F. The van der Waals surface area contributed by atoms with Crippen LogP contribution in [-0.4, -0.2) is 39.3 Å². The van der Waals surface area contributed by atoms with Crippen molar-refractivity contribution in [1.82, 2.24) is 14.8 Å². The number of ether oxygens (including phenoxy) is 1. The van der Waals surface area contributed by atoms with Crippen LogP contribution < -0.4 is 0 Å². The summed E-state index contributed by atoms with van der Waals surface area (Å²) in [6.45, 7) is 1.47. The van der Waals surface area contributed by atoms with Crippen LogP contribution in [0.15, 0.2) is 23.5 Å². The number of Topliss-reactive ketones (excluding diaryl/α,β-unsaturated/α-hetero) is 1. The first-order chi connectivity index (χ1) is 11.8. The number of carbonyl (C=O) groups excluding carboxylic acids is 2. The number of ketones is 1. The highest BCUT2D eigenvalue weighted by Crippen LogP contribution is 2.18. The van der Waals surface area contributed by atoms with E-state index >= 15 is 0 Å². The molecule has 0 saturated heterocycles. The van der Waals surface area contributed by atoms with Gasteiger partial charge in [0, 0.05) is 19.3 Å². The molecule has 2 rings (SSSR count). The van der Waals surface area contributed by atoms with Gasteiger partial charge in [0.1, 0.15) is 12.1 Å². The van der Waals surface area contributed by atoms with Crippen LogP contribution in [0.3, 0.4) is 0 Å². The minimum Gasteiger partial charge on any atom is -0.465 e. The van der Waals surface area contributed by atoms with Crippen molar-refractivity contribution in [2.45, 2.75) is 6.92 Å². The van der Waals surface area contributed by atoms with Crippen molar-refractivity contribution in [3.63, 3.8) is 0 Å². The molecule has 0 radical (unpaired) electrons. The van der Waals surface area contributed by atoms with Gasteiger partial charge in [0.25, 0.3) is 0 Å². The Hall–Kier alpha value is -3.04. The van der Waals surface area contributed by atoms with E-state index in [-0.39, 0.29) is 18.6 Å². The number of esters is 1. The Bertz CT molecular complexity index is 835. The van der Waals surface area contributed by atoms with Gasteiger partial charge in [-0.25, -0.2) is 22.8 Å². The average Bonchev–Trinajstić information content (AvgIpc) is 2.96. The lowest BCUT2D eigenvalue weighted by molar-refractivity contribution is -0.143. The molecule has 1 aromatic carbocycles. The zero-order chi connectivity index (χ0) is 18.6. The molecular weight excluding hydrogens is 341 g/mol. The van der Waals surface area contributed by atoms with E-state index < -0.39 is 40.7 Å². The third kappa shape index (κ3) is 4.08. The molecular formula is C15H13F3N4O3. The first kappa shape index (κ1) is 18.3. The minimum atomic E-state index is -1.66.